The van der Waals surface area contributed by atoms with E-state index >= 15 is 0 Å². The molecule has 2 aliphatic rings. The van der Waals surface area contributed by atoms with E-state index in [0.717, 1.165) is 0 Å². The van der Waals surface area contributed by atoms with E-state index in [1.54, 1.807) is 0 Å². The monoisotopic (exact) mass is 223 g/mol. The van der Waals surface area contributed by atoms with Gasteiger partial charge in [0.15, 0.2) is 0 Å². The molecule has 88 valence electrons. The van der Waals surface area contributed by atoms with Gasteiger partial charge in [-0.2, -0.15) is 0 Å². The van der Waals surface area contributed by atoms with Crippen LogP contribution in [0.3, 0.4) is 0 Å². The first-order chi connectivity index (χ1) is 7.25. The van der Waals surface area contributed by atoms with Crippen LogP contribution in [0.15, 0.2) is 0 Å². The number of ketones is 2. The van der Waals surface area contributed by atoms with Gasteiger partial charge in [-0.15, -0.1) is 0 Å². The SMILES string of the molecule is CNC(=O)[C@]12CC[C@@](C)(C(=O)C1=O)C2(C)C. The molecule has 1 amide bonds. The van der Waals surface area contributed by atoms with E-state index in [-0.39, 0.29) is 11.7 Å². The molecule has 0 aliphatic heterocycles. The van der Waals surface area contributed by atoms with E-state index in [0.29, 0.717) is 12.8 Å². The highest BCUT2D eigenvalue weighted by atomic mass is 16.2. The normalized spacial score (nSPS) is 40.2. The van der Waals surface area contributed by atoms with Gasteiger partial charge in [0.2, 0.25) is 17.5 Å². The van der Waals surface area contributed by atoms with Crippen molar-refractivity contribution in [2.24, 2.45) is 16.2 Å². The average Bonchev–Trinajstić information content (AvgIpc) is 2.51. The number of carbonyl (C=O) groups excluding carboxylic acids is 3. The van der Waals surface area contributed by atoms with Gasteiger partial charge in [0.25, 0.3) is 0 Å². The van der Waals surface area contributed by atoms with Crippen LogP contribution in [-0.4, -0.2) is 24.5 Å². The number of rotatable bonds is 1. The van der Waals surface area contributed by atoms with Gasteiger partial charge in [-0.3, -0.25) is 14.4 Å². The molecule has 16 heavy (non-hydrogen) atoms. The highest BCUT2D eigenvalue weighted by Gasteiger charge is 2.77. The van der Waals surface area contributed by atoms with Crippen molar-refractivity contribution in [1.29, 1.82) is 0 Å². The molecule has 2 fully saturated rings. The van der Waals surface area contributed by atoms with Crippen LogP contribution in [0, 0.1) is 16.2 Å². The zero-order valence-corrected chi connectivity index (χ0v) is 10.1. The summed E-state index contributed by atoms with van der Waals surface area (Å²) in [5.74, 6) is -1.17. The minimum absolute atomic E-state index is 0.308. The summed E-state index contributed by atoms with van der Waals surface area (Å²) < 4.78 is 0. The number of fused-ring (bicyclic) bond motifs is 2. The van der Waals surface area contributed by atoms with Gasteiger partial charge in [-0.05, 0) is 18.3 Å². The second-order valence-corrected chi connectivity index (χ2v) is 5.60. The zero-order chi connectivity index (χ0) is 12.4. The minimum Gasteiger partial charge on any atom is -0.358 e. The molecule has 2 bridgehead atoms. The lowest BCUT2D eigenvalue weighted by molar-refractivity contribution is -0.149. The lowest BCUT2D eigenvalue weighted by Crippen LogP contribution is -2.49. The summed E-state index contributed by atoms with van der Waals surface area (Å²) in [6.07, 6.45) is 1.11. The van der Waals surface area contributed by atoms with E-state index in [4.69, 9.17) is 0 Å². The van der Waals surface area contributed by atoms with Crippen molar-refractivity contribution >= 4 is 17.5 Å². The molecule has 2 saturated carbocycles. The molecule has 0 aromatic rings. The first-order valence-electron chi connectivity index (χ1n) is 5.57. The average molecular weight is 223 g/mol. The molecular formula is C12H17NO3. The van der Waals surface area contributed by atoms with Crippen LogP contribution in [0.4, 0.5) is 0 Å². The second kappa shape index (κ2) is 2.73. The van der Waals surface area contributed by atoms with Crippen LogP contribution < -0.4 is 5.32 Å². The first kappa shape index (κ1) is 11.3. The van der Waals surface area contributed by atoms with Crippen LogP contribution in [-0.2, 0) is 14.4 Å². The maximum absolute atomic E-state index is 12.1. The summed E-state index contributed by atoms with van der Waals surface area (Å²) in [4.78, 5) is 36.1. The zero-order valence-electron chi connectivity index (χ0n) is 10.1. The highest BCUT2D eigenvalue weighted by Crippen LogP contribution is 2.68. The van der Waals surface area contributed by atoms with E-state index < -0.39 is 22.0 Å². The van der Waals surface area contributed by atoms with Crippen LogP contribution in [0.25, 0.3) is 0 Å². The first-order valence-corrected chi connectivity index (χ1v) is 5.57. The van der Waals surface area contributed by atoms with Gasteiger partial charge in [0.05, 0.1) is 0 Å². The number of Topliss-reactive ketones (excluding diaryl/α,β-unsaturated/α-hetero) is 2. The molecule has 0 saturated heterocycles. The largest absolute Gasteiger partial charge is 0.358 e. The van der Waals surface area contributed by atoms with E-state index in [2.05, 4.69) is 5.32 Å². The molecule has 0 radical (unpaired) electrons. The summed E-state index contributed by atoms with van der Waals surface area (Å²) in [5, 5.41) is 2.54. The number of nitrogens with one attached hydrogen (secondary N) is 1. The topological polar surface area (TPSA) is 63.2 Å². The summed E-state index contributed by atoms with van der Waals surface area (Å²) in [6.45, 7) is 5.53. The minimum atomic E-state index is -1.13. The number of hydrogen-bond donors (Lipinski definition) is 1. The number of hydrogen-bond acceptors (Lipinski definition) is 3. The summed E-state index contributed by atoms with van der Waals surface area (Å²) in [5.41, 5.74) is -2.39. The smallest absolute Gasteiger partial charge is 0.234 e. The molecule has 2 rings (SSSR count). The van der Waals surface area contributed by atoms with Gasteiger partial charge in [-0.25, -0.2) is 0 Å². The molecule has 0 aromatic heterocycles. The van der Waals surface area contributed by atoms with Gasteiger partial charge >= 0.3 is 0 Å². The summed E-state index contributed by atoms with van der Waals surface area (Å²) >= 11 is 0. The fourth-order valence-electron chi connectivity index (χ4n) is 3.49. The summed E-state index contributed by atoms with van der Waals surface area (Å²) in [6, 6.07) is 0. The van der Waals surface area contributed by atoms with Crippen LogP contribution in [0.2, 0.25) is 0 Å². The highest BCUT2D eigenvalue weighted by molar-refractivity contribution is 6.48. The maximum Gasteiger partial charge on any atom is 0.234 e. The van der Waals surface area contributed by atoms with Crippen molar-refractivity contribution in [3.05, 3.63) is 0 Å². The summed E-state index contributed by atoms with van der Waals surface area (Å²) in [7, 11) is 1.51. The Morgan fingerprint density at radius 1 is 1.12 bits per heavy atom. The molecule has 1 N–H and O–H groups in total. The lowest BCUT2D eigenvalue weighted by Gasteiger charge is -2.36. The quantitative estimate of drug-likeness (QED) is 0.525. The van der Waals surface area contributed by atoms with Crippen molar-refractivity contribution in [2.75, 3.05) is 7.05 Å². The molecule has 2 atom stereocenters. The third-order valence-corrected chi connectivity index (χ3v) is 5.16. The molecule has 0 spiro atoms. The Morgan fingerprint density at radius 3 is 2.06 bits per heavy atom. The van der Waals surface area contributed by atoms with Crippen LogP contribution >= 0.6 is 0 Å². The van der Waals surface area contributed by atoms with Crippen molar-refractivity contribution in [2.45, 2.75) is 33.6 Å². The third kappa shape index (κ3) is 0.782. The molecule has 0 aromatic carbocycles. The molecule has 4 heteroatoms. The van der Waals surface area contributed by atoms with Crippen LogP contribution in [0.5, 0.6) is 0 Å². The Hall–Kier alpha value is -1.19. The second-order valence-electron chi connectivity index (χ2n) is 5.60. The lowest BCUT2D eigenvalue weighted by atomic mass is 9.64. The Bertz CT molecular complexity index is 412. The molecule has 0 heterocycles. The maximum atomic E-state index is 12.1. The molecule has 0 unspecified atom stereocenters. The third-order valence-electron chi connectivity index (χ3n) is 5.16. The van der Waals surface area contributed by atoms with Gasteiger partial charge in [0, 0.05) is 12.5 Å². The fourth-order valence-corrected chi connectivity index (χ4v) is 3.49. The Balaban J connectivity index is 2.68. The molecule has 2 aliphatic carbocycles. The predicted molar refractivity (Wildman–Crippen MR) is 57.6 cm³/mol. The predicted octanol–water partition coefficient (Wildman–Crippen LogP) is 0.697. The van der Waals surface area contributed by atoms with Crippen molar-refractivity contribution in [3.63, 3.8) is 0 Å². The molecular weight excluding hydrogens is 206 g/mol. The Labute approximate surface area is 94.8 Å². The van der Waals surface area contributed by atoms with Gasteiger partial charge in [-0.1, -0.05) is 20.8 Å². The van der Waals surface area contributed by atoms with E-state index in [1.807, 2.05) is 20.8 Å². The molecule has 4 nitrogen and oxygen atoms in total. The Kier molecular flexibility index (Phi) is 1.93. The standard InChI is InChI=1S/C12H17NO3/c1-10(2)11(3)5-6-12(10,9(16)13-4)8(15)7(11)14/h5-6H2,1-4H3,(H,13,16)/t11-,12-/m0/s1. The van der Waals surface area contributed by atoms with Crippen LogP contribution in [0.1, 0.15) is 33.6 Å². The van der Waals surface area contributed by atoms with Gasteiger partial charge in [0.1, 0.15) is 5.41 Å². The Morgan fingerprint density at radius 2 is 1.69 bits per heavy atom. The number of amides is 1. The van der Waals surface area contributed by atoms with Crippen molar-refractivity contribution in [3.8, 4) is 0 Å². The van der Waals surface area contributed by atoms with Gasteiger partial charge < -0.3 is 5.32 Å². The fraction of sp³-hybridized carbons (Fsp3) is 0.750. The van der Waals surface area contributed by atoms with E-state index in [9.17, 15) is 14.4 Å². The van der Waals surface area contributed by atoms with Crippen molar-refractivity contribution < 1.29 is 14.4 Å². The van der Waals surface area contributed by atoms with E-state index in [1.165, 1.54) is 7.05 Å². The van der Waals surface area contributed by atoms with Crippen molar-refractivity contribution in [1.82, 2.24) is 5.32 Å². The number of carbonyl (C=O) groups is 3.